The molecule has 10 aromatic rings. The topological polar surface area (TPSA) is 16.4 Å². The van der Waals surface area contributed by atoms with E-state index in [-0.39, 0.29) is 4.90 Å². The fraction of sp³-hybridized carbons (Fsp3) is 0.0690. The summed E-state index contributed by atoms with van der Waals surface area (Å²) in [6.07, 6.45) is 0. The third-order valence-electron chi connectivity index (χ3n) is 10.9. The van der Waals surface area contributed by atoms with Crippen molar-refractivity contribution in [2.24, 2.45) is 0 Å². The molecule has 0 saturated heterocycles. The molecule has 2 nitrogen and oxygen atoms in total. The van der Waals surface area contributed by atoms with Gasteiger partial charge in [0.15, 0.2) is 0 Å². The van der Waals surface area contributed by atoms with Crippen molar-refractivity contribution in [2.75, 3.05) is 4.90 Å². The first kappa shape index (κ1) is 13.0. The van der Waals surface area contributed by atoms with E-state index in [0.29, 0.717) is 0 Å². The van der Waals surface area contributed by atoms with Gasteiger partial charge >= 0.3 is 0 Å². The number of anilines is 3. The largest absolute Gasteiger partial charge is 0.456 e. The first-order chi connectivity index (χ1) is 45.8. The van der Waals surface area contributed by atoms with E-state index in [1.807, 2.05) is 0 Å². The highest BCUT2D eigenvalue weighted by molar-refractivity contribution is 6.06. The Morgan fingerprint density at radius 3 is 1.60 bits per heavy atom. The van der Waals surface area contributed by atoms with Crippen molar-refractivity contribution in [3.05, 3.63) is 233 Å². The molecule has 3 aliphatic rings. The Hall–Kier alpha value is -7.42. The monoisotopic (exact) mass is 805 g/mol. The molecule has 0 aliphatic heterocycles. The van der Waals surface area contributed by atoms with Crippen molar-refractivity contribution in [1.82, 2.24) is 0 Å². The lowest BCUT2D eigenvalue weighted by Crippen LogP contribution is -2.26. The molecule has 0 atom stereocenters. The van der Waals surface area contributed by atoms with Gasteiger partial charge < -0.3 is 9.32 Å². The smallest absolute Gasteiger partial charge is 0.136 e. The quantitative estimate of drug-likeness (QED) is 0.176. The van der Waals surface area contributed by atoms with E-state index in [1.54, 1.807) is 0 Å². The van der Waals surface area contributed by atoms with Crippen LogP contribution in [0, 0.1) is 0 Å². The Balaban J connectivity index is 1.33. The molecule has 2 heteroatoms. The minimum Gasteiger partial charge on any atom is -0.456 e. The summed E-state index contributed by atoms with van der Waals surface area (Å²) in [4.78, 5) is 0.216. The molecule has 3 aliphatic carbocycles. The zero-order valence-corrected chi connectivity index (χ0v) is 29.9. The second-order valence-corrected chi connectivity index (χ2v) is 13.8. The summed E-state index contributed by atoms with van der Waals surface area (Å²) in [6, 6.07) is -39.9. The molecule has 282 valence electrons. The van der Waals surface area contributed by atoms with Gasteiger partial charge in [0.2, 0.25) is 0 Å². The molecule has 1 spiro atoms. The molecule has 60 heavy (non-hydrogen) atoms. The van der Waals surface area contributed by atoms with E-state index in [1.165, 1.54) is 0 Å². The SMILES string of the molecule is [2H]c1c([2H])c([2H])c2c(c1[2H])-c1c([2H])c([2H])c([2H])c([2H])c1C21c2c([2H])c([2H])c([2H])c([2H])c2-c2c(N(c3c([2H])c([2H])c(-c4c([2H])c([2H])c5c(oc6c([2H])c([2H])c([2H])c([2H])c65)c4[2H])c([2H])c3[2H])c3c([2H])c([2H])c([2H])c4c3-c3c([2H])c([2H])c([2H])c([2H])c3C4(C([2H])([2H])[2H])C([2H])([2H])[2H])c([2H])c([2H])c([2H])c21. The highest BCUT2D eigenvalue weighted by atomic mass is 16.3. The molecular formula is C58H39NO. The van der Waals surface area contributed by atoms with Gasteiger partial charge in [-0.05, 0) is 109 Å². The predicted molar refractivity (Wildman–Crippen MR) is 248 cm³/mol. The van der Waals surface area contributed by atoms with Crippen LogP contribution in [0.5, 0.6) is 0 Å². The van der Waals surface area contributed by atoms with Crippen LogP contribution in [0.2, 0.25) is 0 Å². The molecule has 0 N–H and O–H groups in total. The Kier molecular flexibility index (Phi) is 2.62. The molecule has 1 aromatic heterocycles. The van der Waals surface area contributed by atoms with Crippen molar-refractivity contribution < 1.29 is 57.9 Å². The van der Waals surface area contributed by atoms with E-state index in [2.05, 4.69) is 0 Å². The summed E-state index contributed by atoms with van der Waals surface area (Å²) in [5.74, 6) is 0. The van der Waals surface area contributed by atoms with Crippen molar-refractivity contribution in [2.45, 2.75) is 24.5 Å². The van der Waals surface area contributed by atoms with Gasteiger partial charge in [-0.2, -0.15) is 0 Å². The van der Waals surface area contributed by atoms with Gasteiger partial charge in [-0.15, -0.1) is 0 Å². The summed E-state index contributed by atoms with van der Waals surface area (Å²) < 4.78 is 372. The lowest BCUT2D eigenvalue weighted by molar-refractivity contribution is 0.660. The zero-order chi connectivity index (χ0) is 73.5. The van der Waals surface area contributed by atoms with Gasteiger partial charge in [-0.25, -0.2) is 0 Å². The molecule has 0 fully saturated rings. The molecule has 0 saturated carbocycles. The summed E-state index contributed by atoms with van der Waals surface area (Å²) in [5, 5.41) is -1.03. The van der Waals surface area contributed by atoms with Gasteiger partial charge in [0.1, 0.15) is 11.2 Å². The number of rotatable bonds is 4. The van der Waals surface area contributed by atoms with Gasteiger partial charge in [-0.3, -0.25) is 0 Å². The average Bonchev–Trinajstić information content (AvgIpc) is 1.48. The molecule has 0 unspecified atom stereocenters. The number of hydrogen-bond donors (Lipinski definition) is 0. The van der Waals surface area contributed by atoms with E-state index >= 15 is 0 Å². The van der Waals surface area contributed by atoms with E-state index in [0.717, 1.165) is 0 Å². The van der Waals surface area contributed by atoms with Crippen LogP contribution in [0.3, 0.4) is 0 Å². The van der Waals surface area contributed by atoms with Crippen LogP contribution in [-0.4, -0.2) is 0 Å². The maximum Gasteiger partial charge on any atom is 0.136 e. The lowest BCUT2D eigenvalue weighted by Gasteiger charge is -2.32. The zero-order valence-electron chi connectivity index (χ0n) is 68.9. The summed E-state index contributed by atoms with van der Waals surface area (Å²) in [6.45, 7) is -8.32. The maximum atomic E-state index is 10.2. The minimum atomic E-state index is -4.16. The lowest BCUT2D eigenvalue weighted by atomic mass is 9.70. The van der Waals surface area contributed by atoms with Crippen LogP contribution >= 0.6 is 0 Å². The third-order valence-corrected chi connectivity index (χ3v) is 10.9. The minimum absolute atomic E-state index is 0.216. The predicted octanol–water partition coefficient (Wildman–Crippen LogP) is 15.4. The standard InChI is InChI=1S/C58H39NO/c1-57(2)45-20-8-5-18-43(45)55-49(57)24-13-26-51(55)59(38-32-29-36(30-33-38)37-31-34-42-41-17-7-12-28-53(41)60-54(42)35-37)52-27-14-25-50-56(52)44-19-6-11-23-48(44)58(50)46-21-9-3-15-39(46)40-16-4-10-22-47(40)58/h3-35H,1-2H3/i1D3,2D3,3D,4D,5D,6D,7D,8D,9D,10D,11D,12D,13D,14D,15D,16D,17D,18D,19D,20D,21D,22D,23D,24D,25D,26D,27D,28D,29D,30D,31D,32D,33D,34D,35D. The summed E-state index contributed by atoms with van der Waals surface area (Å²) >= 11 is 0. The second-order valence-electron chi connectivity index (χ2n) is 13.8. The Bertz CT molecular complexity index is 5470. The molecule has 1 heterocycles. The van der Waals surface area contributed by atoms with Crippen molar-refractivity contribution in [1.29, 1.82) is 0 Å². The maximum absolute atomic E-state index is 10.2. The van der Waals surface area contributed by atoms with Crippen LogP contribution in [-0.2, 0) is 10.8 Å². The molecular weight excluding hydrogens is 727 g/mol. The third kappa shape index (κ3) is 4.27. The molecule has 13 rings (SSSR count). The second kappa shape index (κ2) is 12.1. The number of furan rings is 1. The first-order valence-electron chi connectivity index (χ1n) is 37.3. The first-order valence-corrected chi connectivity index (χ1v) is 17.8. The van der Waals surface area contributed by atoms with Crippen molar-refractivity contribution >= 4 is 39.0 Å². The van der Waals surface area contributed by atoms with Gasteiger partial charge in [0, 0.05) is 41.2 Å². The Morgan fingerprint density at radius 2 is 0.917 bits per heavy atom. The van der Waals surface area contributed by atoms with Crippen molar-refractivity contribution in [3.8, 4) is 44.5 Å². The average molecular weight is 805 g/mol. The van der Waals surface area contributed by atoms with Crippen LogP contribution in [0.4, 0.5) is 17.1 Å². The summed E-state index contributed by atoms with van der Waals surface area (Å²) in [7, 11) is 0. The normalized spacial score (nSPS) is 24.0. The molecule has 0 bridgehead atoms. The van der Waals surface area contributed by atoms with Crippen LogP contribution < -0.4 is 4.90 Å². The van der Waals surface area contributed by atoms with Crippen LogP contribution in [0.1, 0.15) is 101 Å². The highest BCUT2D eigenvalue weighted by Gasteiger charge is 2.52. The number of fused-ring (bicyclic) bond motifs is 16. The number of hydrogen-bond acceptors (Lipinski definition) is 2. The van der Waals surface area contributed by atoms with Crippen LogP contribution in [0.15, 0.2) is 204 Å². The van der Waals surface area contributed by atoms with E-state index in [9.17, 15) is 31.5 Å². The fourth-order valence-corrected chi connectivity index (χ4v) is 8.48. The molecule has 0 amide bonds. The van der Waals surface area contributed by atoms with Crippen LogP contribution in [0.25, 0.3) is 66.4 Å². The fourth-order valence-electron chi connectivity index (χ4n) is 8.48. The van der Waals surface area contributed by atoms with E-state index < -0.39 is 341 Å². The van der Waals surface area contributed by atoms with Gasteiger partial charge in [0.05, 0.1) is 62.0 Å². The number of nitrogens with zero attached hydrogens (tertiary/aromatic N) is 1. The van der Waals surface area contributed by atoms with Crippen molar-refractivity contribution in [3.63, 3.8) is 0 Å². The molecule has 0 radical (unpaired) electrons. The van der Waals surface area contributed by atoms with E-state index in [4.69, 9.17) is 26.3 Å². The Labute approximate surface area is 404 Å². The molecule has 9 aromatic carbocycles. The van der Waals surface area contributed by atoms with Gasteiger partial charge in [-0.1, -0.05) is 171 Å². The highest BCUT2D eigenvalue weighted by Crippen LogP contribution is 2.65. The number of benzene rings is 9. The van der Waals surface area contributed by atoms with Gasteiger partial charge in [0.25, 0.3) is 0 Å². The Morgan fingerprint density at radius 1 is 0.417 bits per heavy atom. The number of para-hydroxylation sites is 1. The summed E-state index contributed by atoms with van der Waals surface area (Å²) in [5.41, 5.74) is -27.5.